The van der Waals surface area contributed by atoms with E-state index in [4.69, 9.17) is 23.2 Å². The lowest BCUT2D eigenvalue weighted by Crippen LogP contribution is -2.60. The summed E-state index contributed by atoms with van der Waals surface area (Å²) in [7, 11) is -3.97. The summed E-state index contributed by atoms with van der Waals surface area (Å²) in [6, 6.07) is 12.1. The maximum absolute atomic E-state index is 14.2. The Balaban J connectivity index is 1.88. The molecule has 1 heterocycles. The quantitative estimate of drug-likeness (QED) is 0.406. The fourth-order valence-corrected chi connectivity index (χ4v) is 7.11. The number of amides is 2. The fraction of sp³-hybridized carbons (Fsp3) is 0.464. The van der Waals surface area contributed by atoms with Crippen LogP contribution in [0, 0.1) is 5.41 Å². The van der Waals surface area contributed by atoms with Gasteiger partial charge in [0, 0.05) is 16.0 Å². The number of carboxylic acid groups (broad SMARTS) is 1. The van der Waals surface area contributed by atoms with Gasteiger partial charge in [0.2, 0.25) is 15.9 Å². The number of benzene rings is 2. The normalized spacial score (nSPS) is 25.2. The minimum absolute atomic E-state index is 0.110. The topological polar surface area (TPSA) is 121 Å². The number of hydrogen-bond acceptors (Lipinski definition) is 5. The predicted molar refractivity (Wildman–Crippen MR) is 149 cm³/mol. The van der Waals surface area contributed by atoms with Crippen molar-refractivity contribution in [1.82, 2.24) is 9.62 Å². The molecule has 2 aliphatic rings. The zero-order valence-electron chi connectivity index (χ0n) is 22.0. The Labute approximate surface area is 238 Å². The summed E-state index contributed by atoms with van der Waals surface area (Å²) in [5, 5.41) is 10.7. The first kappa shape index (κ1) is 29.4. The van der Waals surface area contributed by atoms with Gasteiger partial charge in [-0.05, 0) is 68.0 Å². The highest BCUT2D eigenvalue weighted by Gasteiger charge is 2.55. The molecule has 0 aromatic heterocycles. The van der Waals surface area contributed by atoms with Crippen LogP contribution < -0.4 is 4.72 Å². The van der Waals surface area contributed by atoms with Crippen molar-refractivity contribution >= 4 is 51.0 Å². The smallest absolute Gasteiger partial charge is 0.304 e. The zero-order chi connectivity index (χ0) is 28.8. The Morgan fingerprint density at radius 2 is 1.72 bits per heavy atom. The number of nitrogens with one attached hydrogen (secondary N) is 1. The van der Waals surface area contributed by atoms with E-state index in [0.717, 1.165) is 5.56 Å². The van der Waals surface area contributed by atoms with Gasteiger partial charge in [0.1, 0.15) is 6.04 Å². The van der Waals surface area contributed by atoms with Crippen LogP contribution in [0.2, 0.25) is 10.0 Å². The standard InChI is InChI=1S/C28H32Cl2N2O6S/c1-4-22(25(35)31-39(37,38)28(3)12-13-28)32-24(17-8-10-19(29)11-9-17)21(18-6-5-7-20(30)14-18)15-27(2,26(32)36)16-23(33)34/h5-11,14,21-22,24H,4,12-13,15-16H2,1-3H3,(H,31,35)(H,33,34)/t21-,22+,24-,27-/m1/s1. The first-order valence-electron chi connectivity index (χ1n) is 12.8. The van der Waals surface area contributed by atoms with Crippen LogP contribution in [0.4, 0.5) is 0 Å². The van der Waals surface area contributed by atoms with Gasteiger partial charge >= 0.3 is 5.97 Å². The highest BCUT2D eigenvalue weighted by Crippen LogP contribution is 2.52. The number of aliphatic carboxylic acids is 1. The molecule has 2 aromatic rings. The molecule has 2 fully saturated rings. The van der Waals surface area contributed by atoms with E-state index in [0.29, 0.717) is 28.5 Å². The lowest BCUT2D eigenvalue weighted by atomic mass is 9.67. The average Bonchev–Trinajstić information content (AvgIpc) is 3.61. The van der Waals surface area contributed by atoms with Gasteiger partial charge in [-0.2, -0.15) is 0 Å². The molecule has 1 saturated heterocycles. The van der Waals surface area contributed by atoms with Crippen molar-refractivity contribution in [3.05, 3.63) is 69.7 Å². The van der Waals surface area contributed by atoms with Crippen molar-refractivity contribution in [2.45, 2.75) is 75.6 Å². The number of sulfonamides is 1. The van der Waals surface area contributed by atoms with E-state index in [2.05, 4.69) is 4.72 Å². The summed E-state index contributed by atoms with van der Waals surface area (Å²) >= 11 is 12.5. The van der Waals surface area contributed by atoms with Gasteiger partial charge in [-0.15, -0.1) is 0 Å². The Morgan fingerprint density at radius 3 is 2.26 bits per heavy atom. The summed E-state index contributed by atoms with van der Waals surface area (Å²) in [6.07, 6.45) is 0.711. The number of rotatable bonds is 9. The number of piperidine rings is 1. The number of nitrogens with zero attached hydrogens (tertiary/aromatic N) is 1. The second-order valence-corrected chi connectivity index (χ2v) is 14.1. The van der Waals surface area contributed by atoms with Crippen LogP contribution in [0.5, 0.6) is 0 Å². The first-order chi connectivity index (χ1) is 18.2. The molecule has 2 aromatic carbocycles. The second kappa shape index (κ2) is 10.7. The maximum atomic E-state index is 14.2. The highest BCUT2D eigenvalue weighted by molar-refractivity contribution is 7.91. The van der Waals surface area contributed by atoms with Crippen LogP contribution in [-0.2, 0) is 24.4 Å². The van der Waals surface area contributed by atoms with Crippen molar-refractivity contribution < 1.29 is 27.9 Å². The molecule has 11 heteroatoms. The first-order valence-corrected chi connectivity index (χ1v) is 15.1. The Kier molecular flexibility index (Phi) is 8.09. The molecular weight excluding hydrogens is 563 g/mol. The van der Waals surface area contributed by atoms with Crippen LogP contribution >= 0.6 is 23.2 Å². The molecule has 1 aliphatic carbocycles. The van der Waals surface area contributed by atoms with Gasteiger partial charge < -0.3 is 10.0 Å². The Morgan fingerprint density at radius 1 is 1.08 bits per heavy atom. The maximum Gasteiger partial charge on any atom is 0.304 e. The van der Waals surface area contributed by atoms with E-state index in [1.807, 2.05) is 6.07 Å². The largest absolute Gasteiger partial charge is 0.481 e. The summed E-state index contributed by atoms with van der Waals surface area (Å²) in [4.78, 5) is 41.2. The van der Waals surface area contributed by atoms with Gasteiger partial charge in [0.15, 0.2) is 0 Å². The molecule has 0 unspecified atom stereocenters. The van der Waals surface area contributed by atoms with E-state index in [9.17, 15) is 27.9 Å². The predicted octanol–water partition coefficient (Wildman–Crippen LogP) is 5.31. The summed E-state index contributed by atoms with van der Waals surface area (Å²) in [5.41, 5.74) is 0.0832. The van der Waals surface area contributed by atoms with E-state index in [1.165, 1.54) is 4.90 Å². The van der Waals surface area contributed by atoms with Crippen LogP contribution in [-0.4, -0.2) is 47.0 Å². The molecule has 1 saturated carbocycles. The molecule has 0 bridgehead atoms. The molecule has 8 nitrogen and oxygen atoms in total. The van der Waals surface area contributed by atoms with Crippen molar-refractivity contribution in [3.8, 4) is 0 Å². The Bertz CT molecular complexity index is 1390. The summed E-state index contributed by atoms with van der Waals surface area (Å²) < 4.78 is 27.1. The molecule has 4 atom stereocenters. The minimum Gasteiger partial charge on any atom is -0.481 e. The van der Waals surface area contributed by atoms with Gasteiger partial charge in [0.05, 0.1) is 22.6 Å². The number of halogens is 2. The molecule has 4 rings (SSSR count). The molecule has 0 radical (unpaired) electrons. The van der Waals surface area contributed by atoms with E-state index < -0.39 is 62.4 Å². The highest BCUT2D eigenvalue weighted by atomic mass is 35.5. The number of hydrogen-bond donors (Lipinski definition) is 2. The number of carbonyl (C=O) groups is 3. The Hall–Kier alpha value is -2.62. The molecule has 39 heavy (non-hydrogen) atoms. The lowest BCUT2D eigenvalue weighted by Gasteiger charge is -2.51. The zero-order valence-corrected chi connectivity index (χ0v) is 24.3. The lowest BCUT2D eigenvalue weighted by molar-refractivity contribution is -0.162. The van der Waals surface area contributed by atoms with Crippen molar-refractivity contribution in [1.29, 1.82) is 0 Å². The third-order valence-electron chi connectivity index (χ3n) is 7.99. The van der Waals surface area contributed by atoms with Crippen molar-refractivity contribution in [3.63, 3.8) is 0 Å². The van der Waals surface area contributed by atoms with Crippen LogP contribution in [0.1, 0.15) is 76.0 Å². The third kappa shape index (κ3) is 5.81. The van der Waals surface area contributed by atoms with Gasteiger partial charge in [-0.3, -0.25) is 19.1 Å². The number of carbonyl (C=O) groups excluding carboxylic acids is 2. The van der Waals surface area contributed by atoms with Gasteiger partial charge in [-0.1, -0.05) is 61.3 Å². The second-order valence-electron chi connectivity index (χ2n) is 11.0. The molecule has 210 valence electrons. The molecule has 0 spiro atoms. The monoisotopic (exact) mass is 594 g/mol. The van der Waals surface area contributed by atoms with Crippen LogP contribution in [0.3, 0.4) is 0 Å². The third-order valence-corrected chi connectivity index (χ3v) is 10.7. The number of likely N-dealkylation sites (tertiary alicyclic amines) is 1. The molecular formula is C28H32Cl2N2O6S. The molecule has 2 N–H and O–H groups in total. The van der Waals surface area contributed by atoms with Crippen molar-refractivity contribution in [2.24, 2.45) is 5.41 Å². The summed E-state index contributed by atoms with van der Waals surface area (Å²) in [5.74, 6) is -2.95. The SMILES string of the molecule is CC[C@@H](C(=O)NS(=O)(=O)C1(C)CC1)N1C(=O)[C@@](C)(CC(=O)O)C[C@H](c2cccc(Cl)c2)[C@H]1c1ccc(Cl)cc1. The average molecular weight is 596 g/mol. The van der Waals surface area contributed by atoms with Crippen LogP contribution in [0.15, 0.2) is 48.5 Å². The van der Waals surface area contributed by atoms with Crippen LogP contribution in [0.25, 0.3) is 0 Å². The van der Waals surface area contributed by atoms with Gasteiger partial charge in [-0.25, -0.2) is 8.42 Å². The minimum atomic E-state index is -3.97. The van der Waals surface area contributed by atoms with Gasteiger partial charge in [0.25, 0.3) is 5.91 Å². The van der Waals surface area contributed by atoms with E-state index in [1.54, 1.807) is 63.2 Å². The van der Waals surface area contributed by atoms with E-state index >= 15 is 0 Å². The molecule has 2 amide bonds. The van der Waals surface area contributed by atoms with E-state index in [-0.39, 0.29) is 12.8 Å². The summed E-state index contributed by atoms with van der Waals surface area (Å²) in [6.45, 7) is 4.85. The fourth-order valence-electron chi connectivity index (χ4n) is 5.50. The molecule has 1 aliphatic heterocycles. The number of carboxylic acids is 1. The van der Waals surface area contributed by atoms with Crippen molar-refractivity contribution in [2.75, 3.05) is 0 Å².